The number of nitrogens with zero attached hydrogens (tertiary/aromatic N) is 3. The summed E-state index contributed by atoms with van der Waals surface area (Å²) in [5.74, 6) is 0.380. The van der Waals surface area contributed by atoms with E-state index in [1.807, 2.05) is 59.0 Å². The van der Waals surface area contributed by atoms with Crippen LogP contribution in [0.1, 0.15) is 22.1 Å². The van der Waals surface area contributed by atoms with E-state index in [9.17, 15) is 4.79 Å². The molecule has 0 saturated carbocycles. The second-order valence-corrected chi connectivity index (χ2v) is 6.34. The summed E-state index contributed by atoms with van der Waals surface area (Å²) < 4.78 is 1.88. The molecule has 4 rings (SSSR count). The number of benzene rings is 1. The van der Waals surface area contributed by atoms with E-state index >= 15 is 0 Å². The van der Waals surface area contributed by atoms with Gasteiger partial charge in [-0.25, -0.2) is 0 Å². The fraction of sp³-hybridized carbons (Fsp3) is 0.222. The fourth-order valence-electron chi connectivity index (χ4n) is 3.18. The zero-order valence-corrected chi connectivity index (χ0v) is 13.5. The molecule has 1 saturated heterocycles. The molecule has 23 heavy (non-hydrogen) atoms. The Morgan fingerprint density at radius 3 is 2.74 bits per heavy atom. The zero-order chi connectivity index (χ0) is 16.0. The topological polar surface area (TPSA) is 38.1 Å². The molecule has 116 valence electrons. The fourth-order valence-corrected chi connectivity index (χ4v) is 3.49. The van der Waals surface area contributed by atoms with E-state index in [4.69, 9.17) is 11.6 Å². The molecule has 1 aliphatic heterocycles. The Balaban J connectivity index is 1.57. The molecule has 0 spiro atoms. The Morgan fingerprint density at radius 1 is 1.22 bits per heavy atom. The van der Waals surface area contributed by atoms with Gasteiger partial charge in [-0.1, -0.05) is 29.8 Å². The van der Waals surface area contributed by atoms with E-state index in [1.165, 1.54) is 0 Å². The molecule has 3 heterocycles. The summed E-state index contributed by atoms with van der Waals surface area (Å²) in [7, 11) is 1.89. The maximum atomic E-state index is 12.7. The number of rotatable bonds is 2. The summed E-state index contributed by atoms with van der Waals surface area (Å²) in [6.07, 6.45) is 1.80. The predicted octanol–water partition coefficient (Wildman–Crippen LogP) is 3.47. The molecule has 2 aromatic heterocycles. The summed E-state index contributed by atoms with van der Waals surface area (Å²) in [6.45, 7) is 1.43. The van der Waals surface area contributed by atoms with E-state index in [0.717, 1.165) is 16.6 Å². The number of hydrogen-bond donors (Lipinski definition) is 0. The third-order valence-electron chi connectivity index (χ3n) is 4.50. The van der Waals surface area contributed by atoms with Crippen LogP contribution in [0.4, 0.5) is 0 Å². The minimum absolute atomic E-state index is 0.0481. The molecular weight excluding hydrogens is 310 g/mol. The average Bonchev–Trinajstić information content (AvgIpc) is 2.85. The maximum Gasteiger partial charge on any atom is 0.270 e. The number of aromatic nitrogens is 2. The molecule has 3 aromatic rings. The van der Waals surface area contributed by atoms with Gasteiger partial charge in [0.1, 0.15) is 5.69 Å². The smallest absolute Gasteiger partial charge is 0.270 e. The molecule has 1 aromatic carbocycles. The number of amides is 1. The molecule has 1 fully saturated rings. The molecule has 0 bridgehead atoms. The van der Waals surface area contributed by atoms with Crippen molar-refractivity contribution >= 4 is 28.4 Å². The summed E-state index contributed by atoms with van der Waals surface area (Å²) in [4.78, 5) is 19.0. The van der Waals surface area contributed by atoms with Crippen LogP contribution in [0.2, 0.25) is 5.02 Å². The number of halogens is 1. The lowest BCUT2D eigenvalue weighted by Gasteiger charge is -2.38. The van der Waals surface area contributed by atoms with Crippen LogP contribution in [0.25, 0.3) is 10.9 Å². The van der Waals surface area contributed by atoms with Crippen molar-refractivity contribution in [3.8, 4) is 0 Å². The second kappa shape index (κ2) is 5.39. The minimum atomic E-state index is 0.0481. The Hall–Kier alpha value is -2.33. The monoisotopic (exact) mass is 325 g/mol. The quantitative estimate of drug-likeness (QED) is 0.723. The highest BCUT2D eigenvalue weighted by Gasteiger charge is 2.34. The van der Waals surface area contributed by atoms with Crippen molar-refractivity contribution in [1.82, 2.24) is 14.5 Å². The number of para-hydroxylation sites is 1. The van der Waals surface area contributed by atoms with Gasteiger partial charge in [-0.15, -0.1) is 0 Å². The highest BCUT2D eigenvalue weighted by atomic mass is 35.5. The van der Waals surface area contributed by atoms with Crippen LogP contribution in [-0.4, -0.2) is 33.4 Å². The molecule has 4 nitrogen and oxygen atoms in total. The summed E-state index contributed by atoms with van der Waals surface area (Å²) in [5.41, 5.74) is 2.63. The van der Waals surface area contributed by atoms with Crippen LogP contribution in [0, 0.1) is 0 Å². The average molecular weight is 326 g/mol. The van der Waals surface area contributed by atoms with E-state index in [0.29, 0.717) is 29.7 Å². The zero-order valence-electron chi connectivity index (χ0n) is 12.7. The number of pyridine rings is 1. The molecule has 0 radical (unpaired) electrons. The van der Waals surface area contributed by atoms with Gasteiger partial charge in [0.15, 0.2) is 0 Å². The van der Waals surface area contributed by atoms with Crippen LogP contribution >= 0.6 is 11.6 Å². The number of likely N-dealkylation sites (tertiary alicyclic amines) is 1. The lowest BCUT2D eigenvalue weighted by molar-refractivity contribution is 0.0589. The lowest BCUT2D eigenvalue weighted by atomic mass is 9.95. The van der Waals surface area contributed by atoms with Gasteiger partial charge in [0.25, 0.3) is 5.91 Å². The van der Waals surface area contributed by atoms with E-state index < -0.39 is 0 Å². The van der Waals surface area contributed by atoms with Gasteiger partial charge in [-0.3, -0.25) is 9.78 Å². The largest absolute Gasteiger partial charge is 0.338 e. The Bertz CT molecular complexity index is 882. The summed E-state index contributed by atoms with van der Waals surface area (Å²) in [5, 5.41) is 1.66. The van der Waals surface area contributed by atoms with Gasteiger partial charge in [-0.2, -0.15) is 0 Å². The summed E-state index contributed by atoms with van der Waals surface area (Å²) >= 11 is 6.26. The van der Waals surface area contributed by atoms with E-state index in [-0.39, 0.29) is 5.91 Å². The Labute approximate surface area is 139 Å². The van der Waals surface area contributed by atoms with Crippen molar-refractivity contribution < 1.29 is 4.79 Å². The van der Waals surface area contributed by atoms with Gasteiger partial charge >= 0.3 is 0 Å². The first kappa shape index (κ1) is 14.3. The predicted molar refractivity (Wildman–Crippen MR) is 90.8 cm³/mol. The second-order valence-electron chi connectivity index (χ2n) is 5.93. The van der Waals surface area contributed by atoms with Crippen molar-refractivity contribution in [2.45, 2.75) is 5.92 Å². The minimum Gasteiger partial charge on any atom is -0.338 e. The maximum absolute atomic E-state index is 12.7. The van der Waals surface area contributed by atoms with Crippen molar-refractivity contribution in [1.29, 1.82) is 0 Å². The van der Waals surface area contributed by atoms with Gasteiger partial charge in [0, 0.05) is 43.3 Å². The van der Waals surface area contributed by atoms with Crippen LogP contribution in [0.15, 0.2) is 48.7 Å². The van der Waals surface area contributed by atoms with Crippen LogP contribution < -0.4 is 0 Å². The number of hydrogen-bond acceptors (Lipinski definition) is 2. The number of fused-ring (bicyclic) bond motifs is 1. The molecule has 0 atom stereocenters. The molecule has 5 heteroatoms. The van der Waals surface area contributed by atoms with Crippen LogP contribution in [-0.2, 0) is 7.05 Å². The van der Waals surface area contributed by atoms with Crippen LogP contribution in [0.5, 0.6) is 0 Å². The normalized spacial score (nSPS) is 15.0. The standard InChI is InChI=1S/C18H16ClN3O/c1-21-16(9-12-5-4-6-14(19)17(12)21)18(23)22-10-13(11-22)15-7-2-3-8-20-15/h2-9,13H,10-11H2,1H3. The first-order chi connectivity index (χ1) is 11.1. The van der Waals surface area contributed by atoms with Crippen molar-refractivity contribution in [2.75, 3.05) is 13.1 Å². The van der Waals surface area contributed by atoms with Gasteiger partial charge in [0.2, 0.25) is 0 Å². The molecule has 0 aliphatic carbocycles. The molecule has 0 N–H and O–H groups in total. The lowest BCUT2D eigenvalue weighted by Crippen LogP contribution is -2.49. The molecular formula is C18H16ClN3O. The van der Waals surface area contributed by atoms with E-state index in [1.54, 1.807) is 6.20 Å². The molecule has 1 aliphatic rings. The number of aryl methyl sites for hydroxylation is 1. The Morgan fingerprint density at radius 2 is 2.04 bits per heavy atom. The molecule has 0 unspecified atom stereocenters. The first-order valence-corrected chi connectivity index (χ1v) is 7.97. The Kier molecular flexibility index (Phi) is 3.34. The SMILES string of the molecule is Cn1c(C(=O)N2CC(c3ccccn3)C2)cc2cccc(Cl)c21. The highest BCUT2D eigenvalue weighted by Crippen LogP contribution is 2.30. The van der Waals surface area contributed by atoms with Crippen molar-refractivity contribution in [3.05, 3.63) is 65.1 Å². The highest BCUT2D eigenvalue weighted by molar-refractivity contribution is 6.35. The summed E-state index contributed by atoms with van der Waals surface area (Å²) in [6, 6.07) is 13.5. The van der Waals surface area contributed by atoms with E-state index in [2.05, 4.69) is 4.98 Å². The van der Waals surface area contributed by atoms with Crippen LogP contribution in [0.3, 0.4) is 0 Å². The van der Waals surface area contributed by atoms with Gasteiger partial charge in [-0.05, 0) is 24.3 Å². The van der Waals surface area contributed by atoms with Gasteiger partial charge in [0.05, 0.1) is 10.5 Å². The molecule has 1 amide bonds. The number of carbonyl (C=O) groups excluding carboxylic acids is 1. The third-order valence-corrected chi connectivity index (χ3v) is 4.81. The van der Waals surface area contributed by atoms with Gasteiger partial charge < -0.3 is 9.47 Å². The van der Waals surface area contributed by atoms with Crippen molar-refractivity contribution in [3.63, 3.8) is 0 Å². The first-order valence-electron chi connectivity index (χ1n) is 7.59. The third kappa shape index (κ3) is 2.30. The number of carbonyl (C=O) groups is 1. The van der Waals surface area contributed by atoms with Crippen molar-refractivity contribution in [2.24, 2.45) is 7.05 Å².